The smallest absolute Gasteiger partial charge is 0.187 e. The summed E-state index contributed by atoms with van der Waals surface area (Å²) in [5, 5.41) is 19.2. The van der Waals surface area contributed by atoms with Gasteiger partial charge in [0, 0.05) is 32.7 Å². The van der Waals surface area contributed by atoms with Crippen LogP contribution < -0.4 is 4.90 Å². The molecule has 96 valence electrons. The fourth-order valence-electron chi connectivity index (χ4n) is 1.86. The van der Waals surface area contributed by atoms with Gasteiger partial charge in [0.05, 0.1) is 18.1 Å². The van der Waals surface area contributed by atoms with Crippen molar-refractivity contribution in [3.05, 3.63) is 10.0 Å². The van der Waals surface area contributed by atoms with Gasteiger partial charge >= 0.3 is 0 Å². The monoisotopic (exact) mass is 277 g/mol. The van der Waals surface area contributed by atoms with E-state index in [0.29, 0.717) is 5.15 Å². The van der Waals surface area contributed by atoms with Crippen molar-refractivity contribution >= 4 is 28.1 Å². The highest BCUT2D eigenvalue weighted by Gasteiger charge is 2.20. The van der Waals surface area contributed by atoms with Crippen molar-refractivity contribution in [2.24, 2.45) is 0 Å². The highest BCUT2D eigenvalue weighted by atomic mass is 35.5. The Balaban J connectivity index is 1.95. The van der Waals surface area contributed by atoms with Crippen molar-refractivity contribution in [3.8, 4) is 0 Å². The third-order valence-electron chi connectivity index (χ3n) is 2.84. The number of aromatic nitrogens is 1. The van der Waals surface area contributed by atoms with Crippen LogP contribution in [0.3, 0.4) is 0 Å². The lowest BCUT2D eigenvalue weighted by molar-refractivity contribution is 0.189. The van der Waals surface area contributed by atoms with E-state index < -0.39 is 0 Å². The van der Waals surface area contributed by atoms with Gasteiger partial charge in [0.25, 0.3) is 0 Å². The van der Waals surface area contributed by atoms with Crippen LogP contribution in [-0.2, 0) is 6.61 Å². The first-order valence-corrected chi connectivity index (χ1v) is 6.78. The van der Waals surface area contributed by atoms with Crippen LogP contribution in [0.15, 0.2) is 0 Å². The number of rotatable bonds is 4. The van der Waals surface area contributed by atoms with Crippen LogP contribution in [-0.4, -0.2) is 59.4 Å². The number of nitrogens with zero attached hydrogens (tertiary/aromatic N) is 3. The Morgan fingerprint density at radius 2 is 1.94 bits per heavy atom. The van der Waals surface area contributed by atoms with Crippen molar-refractivity contribution in [2.75, 3.05) is 44.2 Å². The van der Waals surface area contributed by atoms with Crippen molar-refractivity contribution in [3.63, 3.8) is 0 Å². The normalized spacial score (nSPS) is 17.7. The highest BCUT2D eigenvalue weighted by molar-refractivity contribution is 7.16. The van der Waals surface area contributed by atoms with E-state index in [-0.39, 0.29) is 13.2 Å². The topological polar surface area (TPSA) is 59.8 Å². The quantitative estimate of drug-likeness (QED) is 0.835. The molecule has 7 heteroatoms. The Labute approximate surface area is 109 Å². The molecule has 1 fully saturated rings. The number of β-amino-alcohol motifs (C(OH)–C–C–N with tert-alkyl or cyclic N) is 1. The summed E-state index contributed by atoms with van der Waals surface area (Å²) in [6, 6.07) is 0. The maximum absolute atomic E-state index is 9.07. The van der Waals surface area contributed by atoms with Crippen LogP contribution in [0, 0.1) is 0 Å². The second kappa shape index (κ2) is 5.97. The summed E-state index contributed by atoms with van der Waals surface area (Å²) in [6.45, 7) is 4.49. The number of piperazine rings is 1. The summed E-state index contributed by atoms with van der Waals surface area (Å²) < 4.78 is 0. The third-order valence-corrected chi connectivity index (χ3v) is 4.37. The number of halogens is 1. The van der Waals surface area contributed by atoms with E-state index in [1.54, 1.807) is 0 Å². The summed E-state index contributed by atoms with van der Waals surface area (Å²) in [7, 11) is 0. The van der Waals surface area contributed by atoms with Crippen molar-refractivity contribution in [2.45, 2.75) is 6.61 Å². The molecule has 1 aliphatic heterocycles. The highest BCUT2D eigenvalue weighted by Crippen LogP contribution is 2.30. The molecule has 2 N–H and O–H groups in total. The second-order valence-corrected chi connectivity index (χ2v) is 5.34. The molecule has 0 atom stereocenters. The van der Waals surface area contributed by atoms with E-state index >= 15 is 0 Å². The van der Waals surface area contributed by atoms with E-state index in [9.17, 15) is 0 Å². The Morgan fingerprint density at radius 1 is 1.24 bits per heavy atom. The Kier molecular flexibility index (Phi) is 4.58. The van der Waals surface area contributed by atoms with Gasteiger partial charge in [0.15, 0.2) is 5.13 Å². The Hall–Kier alpha value is -0.400. The first kappa shape index (κ1) is 13.0. The second-order valence-electron chi connectivity index (χ2n) is 3.92. The van der Waals surface area contributed by atoms with Gasteiger partial charge in [-0.15, -0.1) is 0 Å². The van der Waals surface area contributed by atoms with Gasteiger partial charge in [-0.3, -0.25) is 4.90 Å². The summed E-state index contributed by atoms with van der Waals surface area (Å²) >= 11 is 7.36. The molecule has 0 unspecified atom stereocenters. The Bertz CT molecular complexity index is 366. The molecule has 0 spiro atoms. The summed E-state index contributed by atoms with van der Waals surface area (Å²) in [6.07, 6.45) is 0. The first-order chi connectivity index (χ1) is 8.24. The molecule has 0 bridgehead atoms. The standard InChI is InChI=1S/C10H16ClN3O2S/c11-9-8(7-16)17-10(12-9)14-3-1-13(2-4-14)5-6-15/h15-16H,1-7H2. The number of aliphatic hydroxyl groups excluding tert-OH is 2. The van der Waals surface area contributed by atoms with Gasteiger partial charge < -0.3 is 15.1 Å². The van der Waals surface area contributed by atoms with E-state index in [1.807, 2.05) is 0 Å². The van der Waals surface area contributed by atoms with Gasteiger partial charge in [0.1, 0.15) is 5.15 Å². The van der Waals surface area contributed by atoms with Crippen LogP contribution >= 0.6 is 22.9 Å². The van der Waals surface area contributed by atoms with Crippen molar-refractivity contribution in [1.29, 1.82) is 0 Å². The fourth-order valence-corrected chi connectivity index (χ4v) is 3.03. The van der Waals surface area contributed by atoms with Gasteiger partial charge in [-0.05, 0) is 0 Å². The lowest BCUT2D eigenvalue weighted by Crippen LogP contribution is -2.47. The number of hydrogen-bond donors (Lipinski definition) is 2. The first-order valence-electron chi connectivity index (χ1n) is 5.59. The van der Waals surface area contributed by atoms with Gasteiger partial charge in [-0.25, -0.2) is 4.98 Å². The number of thiazole rings is 1. The average Bonchev–Trinajstić information content (AvgIpc) is 2.72. The zero-order valence-electron chi connectivity index (χ0n) is 9.47. The molecule has 1 aromatic heterocycles. The van der Waals surface area contributed by atoms with Gasteiger partial charge in [0.2, 0.25) is 0 Å². The number of aliphatic hydroxyl groups is 2. The van der Waals surface area contributed by atoms with Crippen LogP contribution in [0.1, 0.15) is 4.88 Å². The molecule has 2 heterocycles. The van der Waals surface area contributed by atoms with Crippen LogP contribution in [0.2, 0.25) is 5.15 Å². The molecular weight excluding hydrogens is 262 g/mol. The minimum absolute atomic E-state index is 0.0546. The molecular formula is C10H16ClN3O2S. The largest absolute Gasteiger partial charge is 0.395 e. The predicted octanol–water partition coefficient (Wildman–Crippen LogP) is 0.403. The molecule has 0 aromatic carbocycles. The maximum Gasteiger partial charge on any atom is 0.187 e. The fraction of sp³-hybridized carbons (Fsp3) is 0.700. The van der Waals surface area contributed by atoms with Crippen molar-refractivity contribution < 1.29 is 10.2 Å². The molecule has 17 heavy (non-hydrogen) atoms. The van der Waals surface area contributed by atoms with E-state index in [0.717, 1.165) is 42.7 Å². The lowest BCUT2D eigenvalue weighted by atomic mass is 10.3. The maximum atomic E-state index is 9.07. The number of anilines is 1. The van der Waals surface area contributed by atoms with Crippen LogP contribution in [0.25, 0.3) is 0 Å². The van der Waals surface area contributed by atoms with Gasteiger partial charge in [-0.1, -0.05) is 22.9 Å². The molecule has 0 amide bonds. The van der Waals surface area contributed by atoms with E-state index in [4.69, 9.17) is 21.8 Å². The Morgan fingerprint density at radius 3 is 2.47 bits per heavy atom. The van der Waals surface area contributed by atoms with E-state index in [2.05, 4.69) is 14.8 Å². The zero-order chi connectivity index (χ0) is 12.3. The summed E-state index contributed by atoms with van der Waals surface area (Å²) in [5.41, 5.74) is 0. The molecule has 1 saturated heterocycles. The van der Waals surface area contributed by atoms with E-state index in [1.165, 1.54) is 11.3 Å². The molecule has 0 aliphatic carbocycles. The lowest BCUT2D eigenvalue weighted by Gasteiger charge is -2.34. The minimum Gasteiger partial charge on any atom is -0.395 e. The molecule has 5 nitrogen and oxygen atoms in total. The summed E-state index contributed by atoms with van der Waals surface area (Å²) in [4.78, 5) is 9.37. The summed E-state index contributed by atoms with van der Waals surface area (Å²) in [5.74, 6) is 0. The molecule has 0 radical (unpaired) electrons. The molecule has 1 aromatic rings. The average molecular weight is 278 g/mol. The third kappa shape index (κ3) is 3.08. The molecule has 1 aliphatic rings. The SMILES string of the molecule is OCCN1CCN(c2nc(Cl)c(CO)s2)CC1. The predicted molar refractivity (Wildman–Crippen MR) is 68.8 cm³/mol. The van der Waals surface area contributed by atoms with Crippen LogP contribution in [0.5, 0.6) is 0 Å². The molecule has 2 rings (SSSR count). The van der Waals surface area contributed by atoms with Gasteiger partial charge in [-0.2, -0.15) is 0 Å². The van der Waals surface area contributed by atoms with Crippen molar-refractivity contribution in [1.82, 2.24) is 9.88 Å². The van der Waals surface area contributed by atoms with Crippen LogP contribution in [0.4, 0.5) is 5.13 Å². The molecule has 0 saturated carbocycles. The minimum atomic E-state index is -0.0546. The number of hydrogen-bond acceptors (Lipinski definition) is 6. The zero-order valence-corrected chi connectivity index (χ0v) is 11.0.